The molecule has 1 amide bonds. The summed E-state index contributed by atoms with van der Waals surface area (Å²) in [5, 5.41) is 7.58. The number of hydrogen-bond acceptors (Lipinski definition) is 2. The first-order valence-electron chi connectivity index (χ1n) is 7.88. The van der Waals surface area contributed by atoms with Crippen LogP contribution in [0.25, 0.3) is 10.9 Å². The molecule has 1 aromatic heterocycles. The Bertz CT molecular complexity index is 626. The highest BCUT2D eigenvalue weighted by Crippen LogP contribution is 2.22. The third-order valence-corrected chi connectivity index (χ3v) is 4.17. The van der Waals surface area contributed by atoms with Crippen LogP contribution in [0.5, 0.6) is 0 Å². The number of nitrogens with zero attached hydrogens (tertiary/aromatic N) is 1. The number of benzene rings is 1. The van der Waals surface area contributed by atoms with E-state index in [1.54, 1.807) is 0 Å². The van der Waals surface area contributed by atoms with Crippen molar-refractivity contribution in [3.8, 4) is 0 Å². The number of hydrogen-bond donors (Lipinski definition) is 2. The quantitative estimate of drug-likeness (QED) is 0.907. The van der Waals surface area contributed by atoms with Crippen molar-refractivity contribution >= 4 is 22.5 Å². The van der Waals surface area contributed by atoms with Gasteiger partial charge in [-0.3, -0.25) is 4.79 Å². The van der Waals surface area contributed by atoms with Crippen LogP contribution in [-0.2, 0) is 11.3 Å². The van der Waals surface area contributed by atoms with Gasteiger partial charge in [-0.15, -0.1) is 0 Å². The molecule has 3 rings (SSSR count). The van der Waals surface area contributed by atoms with E-state index in [-0.39, 0.29) is 11.8 Å². The number of fused-ring (bicyclic) bond motifs is 1. The van der Waals surface area contributed by atoms with Crippen molar-refractivity contribution in [2.24, 2.45) is 5.92 Å². The van der Waals surface area contributed by atoms with Gasteiger partial charge in [0, 0.05) is 25.0 Å². The highest BCUT2D eigenvalue weighted by atomic mass is 16.1. The first-order valence-corrected chi connectivity index (χ1v) is 7.88. The Morgan fingerprint density at radius 1 is 1.43 bits per heavy atom. The Balaban J connectivity index is 1.76. The predicted molar refractivity (Wildman–Crippen MR) is 86.5 cm³/mol. The molecular formula is C17H23N3O. The predicted octanol–water partition coefficient (Wildman–Crippen LogP) is 2.99. The SMILES string of the molecule is CCCn1ccc2ccc(NC(=O)C3CCCNC3)cc21. The van der Waals surface area contributed by atoms with Crippen molar-refractivity contribution < 1.29 is 4.79 Å². The number of carbonyl (C=O) groups is 1. The second-order valence-electron chi connectivity index (χ2n) is 5.82. The lowest BCUT2D eigenvalue weighted by Gasteiger charge is -2.21. The van der Waals surface area contributed by atoms with Gasteiger partial charge in [-0.2, -0.15) is 0 Å². The molecule has 1 aromatic carbocycles. The molecule has 1 aliphatic rings. The summed E-state index contributed by atoms with van der Waals surface area (Å²) >= 11 is 0. The summed E-state index contributed by atoms with van der Waals surface area (Å²) in [6, 6.07) is 8.28. The number of piperidine rings is 1. The van der Waals surface area contributed by atoms with Gasteiger partial charge in [-0.25, -0.2) is 0 Å². The van der Waals surface area contributed by atoms with Crippen LogP contribution in [0.3, 0.4) is 0 Å². The number of anilines is 1. The van der Waals surface area contributed by atoms with Crippen LogP contribution in [0.4, 0.5) is 5.69 Å². The van der Waals surface area contributed by atoms with Crippen LogP contribution < -0.4 is 10.6 Å². The second-order valence-corrected chi connectivity index (χ2v) is 5.82. The second kappa shape index (κ2) is 6.31. The number of aryl methyl sites for hydroxylation is 1. The van der Waals surface area contributed by atoms with Crippen LogP contribution in [0.15, 0.2) is 30.5 Å². The van der Waals surface area contributed by atoms with Crippen molar-refractivity contribution in [1.82, 2.24) is 9.88 Å². The summed E-state index contributed by atoms with van der Waals surface area (Å²) in [5.74, 6) is 0.229. The number of amides is 1. The van der Waals surface area contributed by atoms with E-state index in [9.17, 15) is 4.79 Å². The summed E-state index contributed by atoms with van der Waals surface area (Å²) in [6.07, 6.45) is 5.28. The molecular weight excluding hydrogens is 262 g/mol. The average Bonchev–Trinajstić information content (AvgIpc) is 2.91. The average molecular weight is 285 g/mol. The summed E-state index contributed by atoms with van der Waals surface area (Å²) in [7, 11) is 0. The van der Waals surface area contributed by atoms with Crippen LogP contribution in [0.1, 0.15) is 26.2 Å². The highest BCUT2D eigenvalue weighted by molar-refractivity contribution is 5.95. The number of nitrogens with one attached hydrogen (secondary N) is 2. The van der Waals surface area contributed by atoms with Gasteiger partial charge in [0.1, 0.15) is 0 Å². The van der Waals surface area contributed by atoms with E-state index in [1.807, 2.05) is 6.07 Å². The molecule has 21 heavy (non-hydrogen) atoms. The van der Waals surface area contributed by atoms with Gasteiger partial charge in [0.2, 0.25) is 5.91 Å². The third kappa shape index (κ3) is 3.10. The molecule has 4 heteroatoms. The monoisotopic (exact) mass is 285 g/mol. The molecule has 1 unspecified atom stereocenters. The van der Waals surface area contributed by atoms with Gasteiger partial charge in [0.25, 0.3) is 0 Å². The molecule has 112 valence electrons. The molecule has 1 saturated heterocycles. The lowest BCUT2D eigenvalue weighted by atomic mass is 9.99. The van der Waals surface area contributed by atoms with Crippen LogP contribution in [0.2, 0.25) is 0 Å². The van der Waals surface area contributed by atoms with Gasteiger partial charge in [0.05, 0.1) is 11.4 Å². The first kappa shape index (κ1) is 14.1. The maximum atomic E-state index is 12.3. The van der Waals surface area contributed by atoms with E-state index in [1.165, 1.54) is 10.9 Å². The van der Waals surface area contributed by atoms with E-state index in [0.29, 0.717) is 0 Å². The normalized spacial score (nSPS) is 18.8. The van der Waals surface area contributed by atoms with E-state index in [4.69, 9.17) is 0 Å². The number of aromatic nitrogens is 1. The van der Waals surface area contributed by atoms with Gasteiger partial charge in [-0.05, 0) is 49.4 Å². The molecule has 2 aromatic rings. The maximum Gasteiger partial charge on any atom is 0.228 e. The summed E-state index contributed by atoms with van der Waals surface area (Å²) in [6.45, 7) is 5.00. The van der Waals surface area contributed by atoms with E-state index in [0.717, 1.165) is 44.6 Å². The smallest absolute Gasteiger partial charge is 0.228 e. The Hall–Kier alpha value is -1.81. The summed E-state index contributed by atoms with van der Waals surface area (Å²) in [5.41, 5.74) is 2.09. The lowest BCUT2D eigenvalue weighted by molar-refractivity contribution is -0.120. The minimum Gasteiger partial charge on any atom is -0.347 e. The number of rotatable bonds is 4. The van der Waals surface area contributed by atoms with E-state index in [2.05, 4.69) is 46.5 Å². The molecule has 1 fully saturated rings. The van der Waals surface area contributed by atoms with Crippen molar-refractivity contribution in [3.05, 3.63) is 30.5 Å². The molecule has 0 aliphatic carbocycles. The van der Waals surface area contributed by atoms with Crippen molar-refractivity contribution in [1.29, 1.82) is 0 Å². The summed E-state index contributed by atoms with van der Waals surface area (Å²) in [4.78, 5) is 12.3. The standard InChI is InChI=1S/C17H23N3O/c1-2-9-20-10-7-13-5-6-15(11-16(13)20)19-17(21)14-4-3-8-18-12-14/h5-7,10-11,14,18H,2-4,8-9,12H2,1H3,(H,19,21). The molecule has 4 nitrogen and oxygen atoms in total. The first-order chi connectivity index (χ1) is 10.3. The molecule has 1 atom stereocenters. The molecule has 0 radical (unpaired) electrons. The Labute approximate surface area is 125 Å². The van der Waals surface area contributed by atoms with Crippen LogP contribution in [-0.4, -0.2) is 23.6 Å². The Kier molecular flexibility index (Phi) is 4.25. The number of carbonyl (C=O) groups excluding carboxylic acids is 1. The van der Waals surface area contributed by atoms with Crippen molar-refractivity contribution in [2.75, 3.05) is 18.4 Å². The van der Waals surface area contributed by atoms with Gasteiger partial charge >= 0.3 is 0 Å². The molecule has 0 bridgehead atoms. The minimum absolute atomic E-state index is 0.0943. The largest absolute Gasteiger partial charge is 0.347 e. The summed E-state index contributed by atoms with van der Waals surface area (Å²) < 4.78 is 2.24. The topological polar surface area (TPSA) is 46.1 Å². The van der Waals surface area contributed by atoms with Gasteiger partial charge in [0.15, 0.2) is 0 Å². The van der Waals surface area contributed by atoms with E-state index < -0.39 is 0 Å². The van der Waals surface area contributed by atoms with Crippen molar-refractivity contribution in [2.45, 2.75) is 32.7 Å². The lowest BCUT2D eigenvalue weighted by Crippen LogP contribution is -2.37. The molecule has 2 heterocycles. The molecule has 0 saturated carbocycles. The fourth-order valence-electron chi connectivity index (χ4n) is 3.02. The Morgan fingerprint density at radius 2 is 2.33 bits per heavy atom. The Morgan fingerprint density at radius 3 is 3.10 bits per heavy atom. The minimum atomic E-state index is 0.0943. The van der Waals surface area contributed by atoms with Gasteiger partial charge in [-0.1, -0.05) is 13.0 Å². The van der Waals surface area contributed by atoms with E-state index >= 15 is 0 Å². The van der Waals surface area contributed by atoms with Crippen molar-refractivity contribution in [3.63, 3.8) is 0 Å². The maximum absolute atomic E-state index is 12.3. The zero-order valence-corrected chi connectivity index (χ0v) is 12.6. The zero-order chi connectivity index (χ0) is 14.7. The van der Waals surface area contributed by atoms with Gasteiger partial charge < -0.3 is 15.2 Å². The van der Waals surface area contributed by atoms with Crippen LogP contribution in [0, 0.1) is 5.92 Å². The molecule has 1 aliphatic heterocycles. The zero-order valence-electron chi connectivity index (χ0n) is 12.6. The fraction of sp³-hybridized carbons (Fsp3) is 0.471. The third-order valence-electron chi connectivity index (χ3n) is 4.17. The fourth-order valence-corrected chi connectivity index (χ4v) is 3.02. The highest BCUT2D eigenvalue weighted by Gasteiger charge is 2.20. The molecule has 0 spiro atoms. The molecule has 2 N–H and O–H groups in total. The van der Waals surface area contributed by atoms with Crippen LogP contribution >= 0.6 is 0 Å².